The minimum atomic E-state index is -1.82. The normalized spacial score (nSPS) is 23.5. The highest BCUT2D eigenvalue weighted by atomic mass is 17.2. The lowest BCUT2D eigenvalue weighted by atomic mass is 9.87. The average molecular weight is 2110 g/mol. The molecule has 830 valence electrons. The van der Waals surface area contributed by atoms with E-state index in [1.54, 1.807) is 32.6 Å². The zero-order valence-corrected chi connectivity index (χ0v) is 85.7. The summed E-state index contributed by atoms with van der Waals surface area (Å²) in [5.41, 5.74) is -1.42. The number of rotatable bonds is 78. The lowest BCUT2D eigenvalue weighted by molar-refractivity contribution is -0.454. The second-order valence-electron chi connectivity index (χ2n) is 36.0. The number of fused-ring (bicyclic) bond motifs is 6. The third kappa shape index (κ3) is 41.6. The van der Waals surface area contributed by atoms with Crippen molar-refractivity contribution in [3.05, 3.63) is 71.6 Å². The van der Waals surface area contributed by atoms with Crippen molar-refractivity contribution in [2.75, 3.05) is 192 Å². The van der Waals surface area contributed by atoms with E-state index in [1.165, 1.54) is 55.4 Å². The molecule has 0 saturated carbocycles. The molecule has 9 heterocycles. The van der Waals surface area contributed by atoms with Crippen molar-refractivity contribution in [2.45, 2.75) is 275 Å². The van der Waals surface area contributed by atoms with E-state index in [4.69, 9.17) is 133 Å². The van der Waals surface area contributed by atoms with Gasteiger partial charge in [0.1, 0.15) is 54.0 Å². The highest BCUT2D eigenvalue weighted by Crippen LogP contribution is 2.44. The Labute approximate surface area is 857 Å². The molecule has 148 heavy (non-hydrogen) atoms. The van der Waals surface area contributed by atoms with Crippen molar-refractivity contribution in [2.24, 2.45) is 0 Å². The van der Waals surface area contributed by atoms with Gasteiger partial charge >= 0.3 is 35.8 Å². The number of carbonyl (C=O) groups excluding carboxylic acids is 11. The van der Waals surface area contributed by atoms with Gasteiger partial charge in [-0.3, -0.25) is 57.4 Å². The number of nitrogens with one attached hydrogen (secondary N) is 5. The van der Waals surface area contributed by atoms with Crippen molar-refractivity contribution in [3.8, 4) is 0 Å². The molecular weight excluding hydrogens is 1960 g/mol. The molecule has 6 aliphatic rings. The Morgan fingerprint density at radius 1 is 0.358 bits per heavy atom. The zero-order chi connectivity index (χ0) is 106. The topological polar surface area (TPSA) is 598 Å². The largest absolute Gasteiger partial charge is 0.456 e. The number of aryl methyl sites for hydroxylation is 1. The number of nitrogens with zero attached hydrogens (tertiary/aromatic N) is 9. The first kappa shape index (κ1) is 120. The van der Waals surface area contributed by atoms with Crippen LogP contribution in [0.4, 0.5) is 0 Å². The van der Waals surface area contributed by atoms with Crippen molar-refractivity contribution in [1.82, 2.24) is 71.6 Å². The van der Waals surface area contributed by atoms with Crippen LogP contribution in [0.1, 0.15) is 156 Å². The molecule has 15 atom stereocenters. The van der Waals surface area contributed by atoms with E-state index in [1.807, 2.05) is 30.3 Å². The highest BCUT2D eigenvalue weighted by molar-refractivity contribution is 5.78. The van der Waals surface area contributed by atoms with E-state index in [-0.39, 0.29) is 203 Å². The van der Waals surface area contributed by atoms with Gasteiger partial charge in [-0.15, -0.1) is 15.3 Å². The summed E-state index contributed by atoms with van der Waals surface area (Å²) in [6.07, 6.45) is 2.03. The maximum Gasteiger partial charge on any atom is 0.303 e. The molecule has 5 N–H and O–H groups in total. The Hall–Kier alpha value is -10.1. The maximum absolute atomic E-state index is 14.4. The average Bonchev–Trinajstić information content (AvgIpc) is 1.59. The van der Waals surface area contributed by atoms with Crippen molar-refractivity contribution < 1.29 is 186 Å². The smallest absolute Gasteiger partial charge is 0.303 e. The van der Waals surface area contributed by atoms with Gasteiger partial charge in [-0.1, -0.05) is 58.8 Å². The van der Waals surface area contributed by atoms with E-state index in [2.05, 4.69) is 57.5 Å². The predicted octanol–water partition coefficient (Wildman–Crippen LogP) is 0.442. The number of amides is 5. The molecule has 0 spiro atoms. The van der Waals surface area contributed by atoms with E-state index >= 15 is 0 Å². The van der Waals surface area contributed by atoms with Crippen LogP contribution < -0.4 is 26.6 Å². The van der Waals surface area contributed by atoms with Crippen LogP contribution in [0.5, 0.6) is 0 Å². The summed E-state index contributed by atoms with van der Waals surface area (Å²) in [4.78, 5) is 148. The van der Waals surface area contributed by atoms with Crippen molar-refractivity contribution >= 4 is 65.4 Å². The first-order valence-electron chi connectivity index (χ1n) is 49.9. The molecule has 0 radical (unpaired) electrons. The van der Waals surface area contributed by atoms with Gasteiger partial charge in [0, 0.05) is 101 Å². The second kappa shape index (κ2) is 64.6. The van der Waals surface area contributed by atoms with Crippen LogP contribution in [0, 0.1) is 0 Å². The lowest BCUT2D eigenvalue weighted by Gasteiger charge is -2.45. The van der Waals surface area contributed by atoms with Crippen LogP contribution in [0.25, 0.3) is 0 Å². The van der Waals surface area contributed by atoms with E-state index in [0.717, 1.165) is 51.0 Å². The Morgan fingerprint density at radius 3 is 1.16 bits per heavy atom. The Balaban J connectivity index is 0.674. The fourth-order valence-corrected chi connectivity index (χ4v) is 16.8. The summed E-state index contributed by atoms with van der Waals surface area (Å²) < 4.78 is 157. The summed E-state index contributed by atoms with van der Waals surface area (Å²) in [6.45, 7) is 16.9. The summed E-state index contributed by atoms with van der Waals surface area (Å²) in [6, 6.07) is 7.05. The molecule has 3 aromatic heterocycles. The maximum atomic E-state index is 14.4. The summed E-state index contributed by atoms with van der Waals surface area (Å²) in [7, 11) is 0. The van der Waals surface area contributed by atoms with Crippen molar-refractivity contribution in [3.63, 3.8) is 0 Å². The van der Waals surface area contributed by atoms with Gasteiger partial charge in [0.15, 0.2) is 66.7 Å². The molecule has 6 saturated heterocycles. The van der Waals surface area contributed by atoms with Crippen LogP contribution >= 0.6 is 0 Å². The molecule has 5 amide bonds. The molecule has 10 rings (SSSR count). The fraction of sp³-hybridized carbons (Fsp3) is 0.758. The number of ether oxygens (including phenoxy) is 26. The third-order valence-electron chi connectivity index (χ3n) is 23.3. The monoisotopic (exact) mass is 2110 g/mol. The summed E-state index contributed by atoms with van der Waals surface area (Å²) in [5.74, 6) is -7.56. The third-order valence-corrected chi connectivity index (χ3v) is 23.3. The number of hydrogen-bond donors (Lipinski definition) is 5. The molecule has 0 aliphatic carbocycles. The zero-order valence-electron chi connectivity index (χ0n) is 85.7. The van der Waals surface area contributed by atoms with E-state index < -0.39 is 150 Å². The number of hydrogen-bond acceptors (Lipinski definition) is 45. The van der Waals surface area contributed by atoms with E-state index in [9.17, 15) is 52.7 Å². The molecule has 6 fully saturated rings. The number of esters is 6. The Morgan fingerprint density at radius 2 is 0.723 bits per heavy atom. The van der Waals surface area contributed by atoms with Gasteiger partial charge in [0.25, 0.3) is 5.79 Å². The molecule has 4 aromatic rings. The summed E-state index contributed by atoms with van der Waals surface area (Å²) in [5, 5.41) is 40.3. The second-order valence-corrected chi connectivity index (χ2v) is 36.0. The molecule has 1 aromatic carbocycles. The highest BCUT2D eigenvalue weighted by Gasteiger charge is 2.67. The Kier molecular flexibility index (Phi) is 52.3. The number of aromatic nitrogens is 9. The van der Waals surface area contributed by atoms with Crippen LogP contribution in [0.3, 0.4) is 0 Å². The number of benzene rings is 1. The van der Waals surface area contributed by atoms with Crippen LogP contribution in [0.2, 0.25) is 0 Å². The lowest BCUT2D eigenvalue weighted by Crippen LogP contribution is -2.68. The van der Waals surface area contributed by atoms with Gasteiger partial charge < -0.3 is 150 Å². The Bertz CT molecular complexity index is 4290. The number of unbranched alkanes of at least 4 members (excludes halogenated alkanes) is 6. The quantitative estimate of drug-likeness (QED) is 0.0132. The van der Waals surface area contributed by atoms with E-state index in [0.29, 0.717) is 95.4 Å². The van der Waals surface area contributed by atoms with Crippen LogP contribution in [-0.4, -0.2) is 398 Å². The fourth-order valence-electron chi connectivity index (χ4n) is 16.8. The van der Waals surface area contributed by atoms with Gasteiger partial charge in [0.05, 0.1) is 217 Å². The minimum Gasteiger partial charge on any atom is -0.456 e. The SMILES string of the molecule is CC(=O)N[C@H]1[C@H]2OC[C@](COCCOCCOCCOCCn3cc(COCC(COCc4cn(CCCCCOCCOCCOO[C@]56CO[C@@H](O5)[C@H](NC(C)=O)[C@@H](OC(C)=O)[C@H]6OC(C)=O)nn4)(COCc4cn(CCOCCOCCOCCOC[C@@]56CO[C@@H](O5)[C@H](NC(C)=O)[C@@H](OC(C)=O)[C@H]6OC(C)=O)nn4)NC(=O)CCCCCNC(=O)CCCCCOCc4ccccc4)nn3)(O2)[C@H](OC(C)=O)[C@@H]1OC(C)=O. The number of carbonyl (C=O) groups is 11. The van der Waals surface area contributed by atoms with Gasteiger partial charge in [-0.2, -0.15) is 4.89 Å². The van der Waals surface area contributed by atoms with Gasteiger partial charge in [0.2, 0.25) is 29.5 Å². The molecular formula is C95H146N14O39. The first-order chi connectivity index (χ1) is 71.5. The standard InChI is InChI=1S/C95H146N14O39/c1-65(110)97-80-83(139-68(4)113)86(142-71(7)116)93(62-135-89(80)145-93)60-130-46-44-126-42-40-124-38-35-122-32-28-108-51-76(102-105-108)55-133-58-92(100-79(120)25-16-11-18-26-96-78(119)24-17-12-20-31-129-53-74-22-14-10-15-23-74,57-132-54-75-50-107(104-101-75)27-19-13-21-30-121-34-37-128-48-49-138-148-95-64-137-91(147-95)82(99-67(3)112)85(141-70(6)115)88(95)144-73(9)118)59-134-56-77-52-109(106-103-77)29-33-123-36-39-125-41-43-127-45-47-131-61-94-63-136-90(146-94)81(98-66(2)111)84(140-69(5)114)87(94)143-72(8)117/h10,14-15,22-23,50-52,80-91H,11-13,16-21,24-49,53-64H2,1-9H3,(H,96,119)(H,97,110)(H,98,111)(H,99,112)(H,100,120)/t80-,81-,82-,83-,84-,85-,86-,87-,88-,89+,90+,91+,93+,94+,95+/m1/s1. The first-order valence-corrected chi connectivity index (χ1v) is 49.9. The molecule has 0 unspecified atom stereocenters. The minimum absolute atomic E-state index is 0.0103. The molecule has 53 heteroatoms. The van der Waals surface area contributed by atoms with Gasteiger partial charge in [-0.05, 0) is 50.5 Å². The van der Waals surface area contributed by atoms with Crippen molar-refractivity contribution in [1.29, 1.82) is 0 Å². The summed E-state index contributed by atoms with van der Waals surface area (Å²) >= 11 is 0. The molecule has 53 nitrogen and oxygen atoms in total. The van der Waals surface area contributed by atoms with Gasteiger partial charge in [-0.25, -0.2) is 14.3 Å². The van der Waals surface area contributed by atoms with Crippen LogP contribution in [0.15, 0.2) is 48.9 Å². The predicted molar refractivity (Wildman–Crippen MR) is 502 cm³/mol. The molecule has 6 bridgehead atoms. The molecule has 6 aliphatic heterocycles. The van der Waals surface area contributed by atoms with Crippen LogP contribution in [-0.2, 0) is 232 Å².